The molecule has 0 fully saturated rings. The van der Waals surface area contributed by atoms with Gasteiger partial charge < -0.3 is 5.32 Å². The summed E-state index contributed by atoms with van der Waals surface area (Å²) in [6.07, 6.45) is 3.08. The zero-order chi connectivity index (χ0) is 16.8. The Bertz CT molecular complexity index is 669. The number of nitrogens with zero attached hydrogens (tertiary/aromatic N) is 2. The molecule has 2 rings (SSSR count). The van der Waals surface area contributed by atoms with E-state index in [1.807, 2.05) is 32.9 Å². The van der Waals surface area contributed by atoms with Crippen LogP contribution in [0, 0.1) is 12.8 Å². The topological polar surface area (TPSA) is 84.0 Å². The van der Waals surface area contributed by atoms with Crippen molar-refractivity contribution in [2.24, 2.45) is 5.92 Å². The first-order valence-corrected chi connectivity index (χ1v) is 7.43. The fourth-order valence-corrected chi connectivity index (χ4v) is 2.02. The number of aryl methyl sites for hydroxylation is 1. The molecule has 2 aromatic rings. The first-order valence-electron chi connectivity index (χ1n) is 7.43. The van der Waals surface area contributed by atoms with Gasteiger partial charge in [-0.1, -0.05) is 31.5 Å². The number of carbonyl (C=O) groups excluding carboxylic acids is 2. The SMILES string of the molecule is Cc1ccc(C(=O)NC(C(=O)Nc2ncccn2)C(C)C)cc1. The Morgan fingerprint density at radius 1 is 1.04 bits per heavy atom. The van der Waals surface area contributed by atoms with E-state index < -0.39 is 6.04 Å². The first kappa shape index (κ1) is 16.6. The van der Waals surface area contributed by atoms with E-state index >= 15 is 0 Å². The summed E-state index contributed by atoms with van der Waals surface area (Å²) >= 11 is 0. The first-order chi connectivity index (χ1) is 11.0. The van der Waals surface area contributed by atoms with Gasteiger partial charge in [0.2, 0.25) is 11.9 Å². The van der Waals surface area contributed by atoms with E-state index in [9.17, 15) is 9.59 Å². The predicted octanol–water partition coefficient (Wildman–Crippen LogP) is 2.18. The maximum absolute atomic E-state index is 12.4. The average Bonchev–Trinajstić information content (AvgIpc) is 2.53. The molecule has 6 heteroatoms. The average molecular weight is 312 g/mol. The van der Waals surface area contributed by atoms with Gasteiger partial charge in [-0.05, 0) is 31.0 Å². The quantitative estimate of drug-likeness (QED) is 0.886. The highest BCUT2D eigenvalue weighted by atomic mass is 16.2. The lowest BCUT2D eigenvalue weighted by molar-refractivity contribution is -0.118. The minimum atomic E-state index is -0.674. The van der Waals surface area contributed by atoms with Crippen LogP contribution in [0.25, 0.3) is 0 Å². The molecule has 1 heterocycles. The van der Waals surface area contributed by atoms with Crippen molar-refractivity contribution in [3.8, 4) is 0 Å². The molecule has 0 spiro atoms. The molecule has 1 atom stereocenters. The third-order valence-electron chi connectivity index (χ3n) is 3.35. The van der Waals surface area contributed by atoms with Crippen LogP contribution in [0.1, 0.15) is 29.8 Å². The second-order valence-electron chi connectivity index (χ2n) is 5.62. The lowest BCUT2D eigenvalue weighted by atomic mass is 10.0. The summed E-state index contributed by atoms with van der Waals surface area (Å²) in [5.41, 5.74) is 1.59. The highest BCUT2D eigenvalue weighted by Gasteiger charge is 2.25. The van der Waals surface area contributed by atoms with Gasteiger partial charge in [0.05, 0.1) is 0 Å². The number of benzene rings is 1. The zero-order valence-corrected chi connectivity index (χ0v) is 13.4. The molecule has 2 amide bonds. The maximum atomic E-state index is 12.4. The van der Waals surface area contributed by atoms with Crippen molar-refractivity contribution in [2.75, 3.05) is 5.32 Å². The van der Waals surface area contributed by atoms with Crippen LogP contribution in [0.2, 0.25) is 0 Å². The van der Waals surface area contributed by atoms with E-state index in [-0.39, 0.29) is 23.7 Å². The predicted molar refractivity (Wildman–Crippen MR) is 87.9 cm³/mol. The summed E-state index contributed by atoms with van der Waals surface area (Å²) in [4.78, 5) is 32.6. The van der Waals surface area contributed by atoms with E-state index in [1.165, 1.54) is 12.4 Å². The number of carbonyl (C=O) groups is 2. The van der Waals surface area contributed by atoms with E-state index in [4.69, 9.17) is 0 Å². The highest BCUT2D eigenvalue weighted by molar-refractivity contribution is 6.00. The molecule has 23 heavy (non-hydrogen) atoms. The number of anilines is 1. The fourth-order valence-electron chi connectivity index (χ4n) is 2.02. The Morgan fingerprint density at radius 2 is 1.65 bits per heavy atom. The zero-order valence-electron chi connectivity index (χ0n) is 13.4. The van der Waals surface area contributed by atoms with Gasteiger partial charge in [0.25, 0.3) is 5.91 Å². The van der Waals surface area contributed by atoms with Gasteiger partial charge in [0.15, 0.2) is 0 Å². The number of nitrogens with one attached hydrogen (secondary N) is 2. The maximum Gasteiger partial charge on any atom is 0.251 e. The largest absolute Gasteiger partial charge is 0.340 e. The molecule has 1 aromatic carbocycles. The van der Waals surface area contributed by atoms with E-state index in [0.29, 0.717) is 5.56 Å². The van der Waals surface area contributed by atoms with Gasteiger partial charge in [-0.25, -0.2) is 9.97 Å². The molecule has 0 bridgehead atoms. The van der Waals surface area contributed by atoms with Gasteiger partial charge in [-0.3, -0.25) is 14.9 Å². The van der Waals surface area contributed by atoms with Crippen LogP contribution < -0.4 is 10.6 Å². The molecule has 1 unspecified atom stereocenters. The van der Waals surface area contributed by atoms with Gasteiger partial charge in [0.1, 0.15) is 6.04 Å². The Kier molecular flexibility index (Phi) is 5.41. The molecule has 6 nitrogen and oxygen atoms in total. The number of hydrogen-bond donors (Lipinski definition) is 2. The van der Waals surface area contributed by atoms with Gasteiger partial charge in [0, 0.05) is 18.0 Å². The molecule has 1 aromatic heterocycles. The lowest BCUT2D eigenvalue weighted by Crippen LogP contribution is -2.47. The van der Waals surface area contributed by atoms with Crippen LogP contribution in [0.15, 0.2) is 42.7 Å². The summed E-state index contributed by atoms with van der Waals surface area (Å²) in [6.45, 7) is 5.68. The van der Waals surface area contributed by atoms with E-state index in [2.05, 4.69) is 20.6 Å². The molecule has 0 radical (unpaired) electrons. The van der Waals surface area contributed by atoms with Crippen LogP contribution in [-0.2, 0) is 4.79 Å². The third-order valence-corrected chi connectivity index (χ3v) is 3.35. The van der Waals surface area contributed by atoms with Crippen molar-refractivity contribution >= 4 is 17.8 Å². The smallest absolute Gasteiger partial charge is 0.251 e. The molecule has 0 saturated carbocycles. The molecule has 0 aliphatic heterocycles. The molecular weight excluding hydrogens is 292 g/mol. The second kappa shape index (κ2) is 7.49. The molecule has 0 aliphatic rings. The highest BCUT2D eigenvalue weighted by Crippen LogP contribution is 2.08. The Morgan fingerprint density at radius 3 is 2.22 bits per heavy atom. The second-order valence-corrected chi connectivity index (χ2v) is 5.62. The third kappa shape index (κ3) is 4.60. The Labute approximate surface area is 135 Å². The van der Waals surface area contributed by atoms with Crippen molar-refractivity contribution in [3.05, 3.63) is 53.9 Å². The molecule has 0 saturated heterocycles. The summed E-state index contributed by atoms with van der Waals surface area (Å²) in [5, 5.41) is 5.38. The lowest BCUT2D eigenvalue weighted by Gasteiger charge is -2.21. The normalized spacial score (nSPS) is 11.8. The summed E-state index contributed by atoms with van der Waals surface area (Å²) < 4.78 is 0. The van der Waals surface area contributed by atoms with Crippen LogP contribution in [0.4, 0.5) is 5.95 Å². The van der Waals surface area contributed by atoms with Crippen molar-refractivity contribution in [3.63, 3.8) is 0 Å². The van der Waals surface area contributed by atoms with Crippen molar-refractivity contribution in [2.45, 2.75) is 26.8 Å². The molecule has 2 N–H and O–H groups in total. The Balaban J connectivity index is 2.07. The minimum absolute atomic E-state index is 0.0758. The molecule has 120 valence electrons. The van der Waals surface area contributed by atoms with Crippen molar-refractivity contribution in [1.29, 1.82) is 0 Å². The van der Waals surface area contributed by atoms with Gasteiger partial charge in [-0.15, -0.1) is 0 Å². The summed E-state index contributed by atoms with van der Waals surface area (Å²) in [6, 6.07) is 8.18. The number of amides is 2. The number of aromatic nitrogens is 2. The fraction of sp³-hybridized carbons (Fsp3) is 0.294. The van der Waals surface area contributed by atoms with Crippen LogP contribution in [0.5, 0.6) is 0 Å². The van der Waals surface area contributed by atoms with Crippen molar-refractivity contribution in [1.82, 2.24) is 15.3 Å². The van der Waals surface area contributed by atoms with Crippen LogP contribution >= 0.6 is 0 Å². The van der Waals surface area contributed by atoms with Crippen LogP contribution in [-0.4, -0.2) is 27.8 Å². The Hall–Kier alpha value is -2.76. The monoisotopic (exact) mass is 312 g/mol. The number of hydrogen-bond acceptors (Lipinski definition) is 4. The van der Waals surface area contributed by atoms with Crippen molar-refractivity contribution < 1.29 is 9.59 Å². The summed E-state index contributed by atoms with van der Waals surface area (Å²) in [7, 11) is 0. The van der Waals surface area contributed by atoms with Gasteiger partial charge in [-0.2, -0.15) is 0 Å². The standard InChI is InChI=1S/C17H20N4O2/c1-11(2)14(16(23)21-17-18-9-4-10-19-17)20-15(22)13-7-5-12(3)6-8-13/h4-11,14H,1-3H3,(H,20,22)(H,18,19,21,23). The van der Waals surface area contributed by atoms with E-state index in [0.717, 1.165) is 5.56 Å². The minimum Gasteiger partial charge on any atom is -0.340 e. The number of rotatable bonds is 5. The van der Waals surface area contributed by atoms with E-state index in [1.54, 1.807) is 18.2 Å². The summed E-state index contributed by atoms with van der Waals surface area (Å²) in [5.74, 6) is -0.486. The molecule has 0 aliphatic carbocycles. The van der Waals surface area contributed by atoms with Crippen LogP contribution in [0.3, 0.4) is 0 Å². The molecular formula is C17H20N4O2. The van der Waals surface area contributed by atoms with Gasteiger partial charge >= 0.3 is 0 Å².